The zero-order chi connectivity index (χ0) is 17.6. The van der Waals surface area contributed by atoms with Crippen molar-refractivity contribution >= 4 is 33.7 Å². The van der Waals surface area contributed by atoms with Crippen molar-refractivity contribution in [1.29, 1.82) is 0 Å². The number of hydrogen-bond donors (Lipinski definition) is 1. The fraction of sp³-hybridized carbons (Fsp3) is 0.294. The Morgan fingerprint density at radius 1 is 1.40 bits per heavy atom. The molecular weight excluding hydrogens is 391 g/mol. The van der Waals surface area contributed by atoms with Gasteiger partial charge >= 0.3 is 0 Å². The van der Waals surface area contributed by atoms with Gasteiger partial charge in [-0.15, -0.1) is 0 Å². The van der Waals surface area contributed by atoms with E-state index in [2.05, 4.69) is 31.2 Å². The summed E-state index contributed by atoms with van der Waals surface area (Å²) in [5.74, 6) is -0.506. The van der Waals surface area contributed by atoms with Crippen LogP contribution in [-0.2, 0) is 10.2 Å². The fourth-order valence-electron chi connectivity index (χ4n) is 3.31. The number of fused-ring (bicyclic) bond motifs is 2. The zero-order valence-electron chi connectivity index (χ0n) is 13.1. The van der Waals surface area contributed by atoms with Gasteiger partial charge in [-0.3, -0.25) is 14.9 Å². The van der Waals surface area contributed by atoms with Gasteiger partial charge in [0.05, 0.1) is 0 Å². The number of carbonyl (C=O) groups is 2. The van der Waals surface area contributed by atoms with Crippen molar-refractivity contribution in [3.8, 4) is 0 Å². The highest BCUT2D eigenvalue weighted by Crippen LogP contribution is 2.54. The van der Waals surface area contributed by atoms with Gasteiger partial charge in [-0.2, -0.15) is 0 Å². The van der Waals surface area contributed by atoms with Crippen LogP contribution >= 0.6 is 15.9 Å². The van der Waals surface area contributed by atoms with E-state index in [1.54, 1.807) is 18.2 Å². The van der Waals surface area contributed by atoms with E-state index in [0.717, 1.165) is 10.0 Å². The first-order valence-electron chi connectivity index (χ1n) is 7.80. The van der Waals surface area contributed by atoms with Crippen LogP contribution in [0, 0.1) is 0 Å². The van der Waals surface area contributed by atoms with Crippen LogP contribution in [0.5, 0.6) is 0 Å². The van der Waals surface area contributed by atoms with Crippen molar-refractivity contribution in [3.63, 3.8) is 0 Å². The van der Waals surface area contributed by atoms with Crippen LogP contribution in [0.25, 0.3) is 0 Å². The Balaban J connectivity index is 1.57. The summed E-state index contributed by atoms with van der Waals surface area (Å²) >= 11 is 3.38. The predicted molar refractivity (Wildman–Crippen MR) is 91.9 cm³/mol. The van der Waals surface area contributed by atoms with Crippen molar-refractivity contribution in [2.45, 2.75) is 18.0 Å². The summed E-state index contributed by atoms with van der Waals surface area (Å²) in [6.45, 7) is 0.0284. The number of nitrogens with zero attached hydrogens (tertiary/aromatic N) is 3. The predicted octanol–water partition coefficient (Wildman–Crippen LogP) is 2.31. The van der Waals surface area contributed by atoms with E-state index in [1.807, 2.05) is 6.07 Å². The molecule has 0 radical (unpaired) electrons. The second-order valence-corrected chi connectivity index (χ2v) is 7.22. The van der Waals surface area contributed by atoms with Crippen LogP contribution < -0.4 is 5.32 Å². The number of nitrogens with one attached hydrogen (secondary N) is 1. The number of carbonyl (C=O) groups excluding carboxylic acids is 2. The van der Waals surface area contributed by atoms with E-state index < -0.39 is 17.5 Å². The molecule has 1 spiro atoms. The number of anilines is 1. The molecule has 1 saturated carbocycles. The molecule has 1 aromatic carbocycles. The molecule has 2 heterocycles. The van der Waals surface area contributed by atoms with Crippen molar-refractivity contribution in [3.05, 3.63) is 52.3 Å². The smallest absolute Gasteiger partial charge is 0.254 e. The minimum atomic E-state index is -1.00. The molecule has 1 N–H and O–H groups in total. The zero-order valence-corrected chi connectivity index (χ0v) is 14.7. The summed E-state index contributed by atoms with van der Waals surface area (Å²) in [6.07, 6.45) is 2.38. The van der Waals surface area contributed by atoms with Gasteiger partial charge < -0.3 is 4.90 Å². The largest absolute Gasteiger partial charge is 0.328 e. The van der Waals surface area contributed by atoms with Gasteiger partial charge in [0.1, 0.15) is 12.7 Å². The third-order valence-electron chi connectivity index (χ3n) is 4.64. The molecule has 8 heteroatoms. The maximum atomic E-state index is 14.2. The molecule has 1 aliphatic heterocycles. The highest BCUT2D eigenvalue weighted by molar-refractivity contribution is 9.10. The Morgan fingerprint density at radius 2 is 2.12 bits per heavy atom. The summed E-state index contributed by atoms with van der Waals surface area (Å²) in [6, 6.07) is 6.87. The minimum absolute atomic E-state index is 0.166. The summed E-state index contributed by atoms with van der Waals surface area (Å²) < 4.78 is 15.0. The fourth-order valence-corrected chi connectivity index (χ4v) is 3.68. The van der Waals surface area contributed by atoms with E-state index in [4.69, 9.17) is 0 Å². The van der Waals surface area contributed by atoms with Crippen LogP contribution in [0.3, 0.4) is 0 Å². The maximum Gasteiger partial charge on any atom is 0.254 e. The Labute approximate surface area is 151 Å². The van der Waals surface area contributed by atoms with Gasteiger partial charge in [0.25, 0.3) is 5.91 Å². The van der Waals surface area contributed by atoms with E-state index in [1.165, 1.54) is 17.3 Å². The van der Waals surface area contributed by atoms with Crippen molar-refractivity contribution in [2.24, 2.45) is 0 Å². The summed E-state index contributed by atoms with van der Waals surface area (Å²) in [5.41, 5.74) is 0.483. The number of rotatable bonds is 3. The molecule has 128 valence electrons. The van der Waals surface area contributed by atoms with Gasteiger partial charge in [0.2, 0.25) is 11.9 Å². The molecular formula is C17H14BrFN4O2. The molecule has 0 unspecified atom stereocenters. The molecule has 2 amide bonds. The molecule has 2 atom stereocenters. The highest BCUT2D eigenvalue weighted by Gasteiger charge is 2.61. The quantitative estimate of drug-likeness (QED) is 0.851. The number of aromatic nitrogens is 2. The summed E-state index contributed by atoms with van der Waals surface area (Å²) in [5, 5.41) is 2.55. The van der Waals surface area contributed by atoms with E-state index in [9.17, 15) is 14.0 Å². The van der Waals surface area contributed by atoms with Crippen LogP contribution in [0.1, 0.15) is 22.3 Å². The first-order chi connectivity index (χ1) is 12.0. The van der Waals surface area contributed by atoms with Gasteiger partial charge in [0.15, 0.2) is 0 Å². The average molecular weight is 405 g/mol. The molecule has 1 aromatic heterocycles. The number of amides is 2. The Kier molecular flexibility index (Phi) is 3.79. The van der Waals surface area contributed by atoms with Crippen LogP contribution in [-0.4, -0.2) is 45.9 Å². The topological polar surface area (TPSA) is 75.2 Å². The first-order valence-corrected chi connectivity index (χ1v) is 8.59. The molecule has 2 aromatic rings. The Bertz CT molecular complexity index is 863. The number of halogens is 2. The highest BCUT2D eigenvalue weighted by atomic mass is 79.9. The van der Waals surface area contributed by atoms with Crippen molar-refractivity contribution < 1.29 is 14.0 Å². The van der Waals surface area contributed by atoms with Gasteiger partial charge in [-0.1, -0.05) is 15.9 Å². The third-order valence-corrected chi connectivity index (χ3v) is 5.14. The van der Waals surface area contributed by atoms with Crippen LogP contribution in [0.15, 0.2) is 41.1 Å². The van der Waals surface area contributed by atoms with Gasteiger partial charge in [-0.05, 0) is 36.2 Å². The molecule has 2 aliphatic rings. The molecule has 0 bridgehead atoms. The van der Waals surface area contributed by atoms with Gasteiger partial charge in [0, 0.05) is 34.4 Å². The Morgan fingerprint density at radius 3 is 2.80 bits per heavy atom. The number of alkyl halides is 1. The molecule has 1 aliphatic carbocycles. The van der Waals surface area contributed by atoms with E-state index in [0.29, 0.717) is 12.0 Å². The number of hydrogen-bond acceptors (Lipinski definition) is 4. The molecule has 1 fully saturated rings. The standard InChI is InChI=1S/C17H14BrFN4O2/c18-10-2-3-11-12(6-10)17(7-13(17)19)9-23(15(11)25)8-14(24)22-16-20-4-1-5-21-16/h1-6,13H,7-9H2,(H,20,21,22,24)/t13-,17-/m1/s1. The molecule has 4 rings (SSSR count). The molecule has 0 saturated heterocycles. The van der Waals surface area contributed by atoms with Gasteiger partial charge in [-0.25, -0.2) is 14.4 Å². The van der Waals surface area contributed by atoms with E-state index >= 15 is 0 Å². The second-order valence-electron chi connectivity index (χ2n) is 6.30. The summed E-state index contributed by atoms with van der Waals surface area (Å²) in [7, 11) is 0. The molecule has 25 heavy (non-hydrogen) atoms. The normalized spacial score (nSPS) is 24.2. The van der Waals surface area contributed by atoms with E-state index in [-0.39, 0.29) is 24.9 Å². The van der Waals surface area contributed by atoms with Crippen molar-refractivity contribution in [2.75, 3.05) is 18.4 Å². The third kappa shape index (κ3) is 2.80. The second kappa shape index (κ2) is 5.87. The van der Waals surface area contributed by atoms with Crippen LogP contribution in [0.2, 0.25) is 0 Å². The average Bonchev–Trinajstić information content (AvgIpc) is 3.23. The first kappa shape index (κ1) is 16.1. The lowest BCUT2D eigenvalue weighted by atomic mass is 9.86. The molecule has 6 nitrogen and oxygen atoms in total. The monoisotopic (exact) mass is 404 g/mol. The van der Waals surface area contributed by atoms with Crippen LogP contribution in [0.4, 0.5) is 10.3 Å². The lowest BCUT2D eigenvalue weighted by Gasteiger charge is -2.34. The lowest BCUT2D eigenvalue weighted by molar-refractivity contribution is -0.117. The SMILES string of the molecule is O=C(CN1C[C@]2(C[C@H]2F)c2cc(Br)ccc2C1=O)Nc1ncccn1. The summed E-state index contributed by atoms with van der Waals surface area (Å²) in [4.78, 5) is 34.2. The van der Waals surface area contributed by atoms with Crippen molar-refractivity contribution in [1.82, 2.24) is 14.9 Å². The maximum absolute atomic E-state index is 14.2. The number of benzene rings is 1. The lowest BCUT2D eigenvalue weighted by Crippen LogP contribution is -2.47. The Hall–Kier alpha value is -2.35. The minimum Gasteiger partial charge on any atom is -0.328 e.